The molecule has 0 fully saturated rings. The molecule has 4 rings (SSSR count). The molecule has 0 aliphatic carbocycles. The number of nitrogens with zero attached hydrogens (tertiary/aromatic N) is 2. The Morgan fingerprint density at radius 3 is 2.47 bits per heavy atom. The number of esters is 1. The van der Waals surface area contributed by atoms with Crippen LogP contribution in [0.15, 0.2) is 75.7 Å². The van der Waals surface area contributed by atoms with E-state index in [0.717, 1.165) is 16.9 Å². The van der Waals surface area contributed by atoms with Crippen LogP contribution in [0.5, 0.6) is 11.5 Å². The summed E-state index contributed by atoms with van der Waals surface area (Å²) in [4.78, 5) is 31.2. The van der Waals surface area contributed by atoms with Crippen molar-refractivity contribution in [1.82, 2.24) is 4.57 Å². The number of hydrogen-bond acceptors (Lipinski definition) is 7. The van der Waals surface area contributed by atoms with E-state index in [0.29, 0.717) is 26.4 Å². The van der Waals surface area contributed by atoms with Gasteiger partial charge in [-0.3, -0.25) is 9.36 Å². The number of thiazole rings is 1. The average molecular weight is 477 g/mol. The summed E-state index contributed by atoms with van der Waals surface area (Å²) >= 11 is 1.27. The van der Waals surface area contributed by atoms with Crippen molar-refractivity contribution in [2.24, 2.45) is 4.99 Å². The number of benzene rings is 2. The van der Waals surface area contributed by atoms with Gasteiger partial charge in [0, 0.05) is 5.56 Å². The number of aromatic nitrogens is 1. The molecule has 0 saturated heterocycles. The molecule has 2 heterocycles. The number of ether oxygens (including phenoxy) is 3. The van der Waals surface area contributed by atoms with Crippen LogP contribution in [-0.2, 0) is 9.53 Å². The van der Waals surface area contributed by atoms with Crippen molar-refractivity contribution in [2.75, 3.05) is 21.3 Å². The van der Waals surface area contributed by atoms with Crippen LogP contribution in [0.2, 0.25) is 0 Å². The summed E-state index contributed by atoms with van der Waals surface area (Å²) in [5, 5.41) is 0. The third-order valence-electron chi connectivity index (χ3n) is 5.52. The Bertz CT molecular complexity index is 1460. The maximum atomic E-state index is 13.5. The molecule has 174 valence electrons. The molecule has 1 aromatic heterocycles. The molecule has 1 aliphatic heterocycles. The first kappa shape index (κ1) is 23.3. The number of carbonyl (C=O) groups is 1. The summed E-state index contributed by atoms with van der Waals surface area (Å²) < 4.78 is 17.7. The van der Waals surface area contributed by atoms with Gasteiger partial charge in [0.1, 0.15) is 11.5 Å². The van der Waals surface area contributed by atoms with Gasteiger partial charge in [0.15, 0.2) is 4.80 Å². The fourth-order valence-electron chi connectivity index (χ4n) is 3.85. The highest BCUT2D eigenvalue weighted by atomic mass is 32.1. The number of hydrogen-bond donors (Lipinski definition) is 0. The second-order valence-corrected chi connectivity index (χ2v) is 8.48. The van der Waals surface area contributed by atoms with Crippen molar-refractivity contribution in [1.29, 1.82) is 0 Å². The lowest BCUT2D eigenvalue weighted by molar-refractivity contribution is -0.136. The molecule has 34 heavy (non-hydrogen) atoms. The van der Waals surface area contributed by atoms with Gasteiger partial charge in [0.05, 0.1) is 43.2 Å². The zero-order valence-electron chi connectivity index (χ0n) is 19.3. The van der Waals surface area contributed by atoms with Gasteiger partial charge in [-0.15, -0.1) is 0 Å². The highest BCUT2D eigenvalue weighted by Crippen LogP contribution is 2.31. The molecule has 0 bridgehead atoms. The highest BCUT2D eigenvalue weighted by Gasteiger charge is 2.33. The molecule has 2 aromatic carbocycles. The van der Waals surface area contributed by atoms with Crippen LogP contribution in [0.25, 0.3) is 12.2 Å². The lowest BCUT2D eigenvalue weighted by Crippen LogP contribution is -2.39. The number of methoxy groups -OCH3 is 3. The number of carbonyl (C=O) groups excluding carboxylic acids is 1. The predicted molar refractivity (Wildman–Crippen MR) is 132 cm³/mol. The number of para-hydroxylation sites is 1. The number of allylic oxidation sites excluding steroid dienone is 2. The van der Waals surface area contributed by atoms with Crippen LogP contribution >= 0.6 is 11.3 Å². The minimum Gasteiger partial charge on any atom is -0.497 e. The summed E-state index contributed by atoms with van der Waals surface area (Å²) in [6, 6.07) is 14.2. The van der Waals surface area contributed by atoms with Gasteiger partial charge in [-0.25, -0.2) is 9.79 Å². The van der Waals surface area contributed by atoms with Crippen LogP contribution in [0.4, 0.5) is 0 Å². The number of rotatable bonds is 6. The first-order chi connectivity index (χ1) is 16.5. The normalized spacial score (nSPS) is 15.8. The molecule has 7 nitrogen and oxygen atoms in total. The average Bonchev–Trinajstić information content (AvgIpc) is 3.17. The van der Waals surface area contributed by atoms with Gasteiger partial charge in [0.25, 0.3) is 5.56 Å². The summed E-state index contributed by atoms with van der Waals surface area (Å²) in [7, 11) is 4.52. The first-order valence-electron chi connectivity index (χ1n) is 10.5. The monoisotopic (exact) mass is 476 g/mol. The zero-order valence-corrected chi connectivity index (χ0v) is 20.1. The van der Waals surface area contributed by atoms with Crippen LogP contribution < -0.4 is 24.4 Å². The molecule has 3 aromatic rings. The van der Waals surface area contributed by atoms with E-state index in [9.17, 15) is 9.59 Å². The van der Waals surface area contributed by atoms with E-state index >= 15 is 0 Å². The van der Waals surface area contributed by atoms with Gasteiger partial charge < -0.3 is 14.2 Å². The Morgan fingerprint density at radius 2 is 1.79 bits per heavy atom. The second-order valence-electron chi connectivity index (χ2n) is 7.47. The fraction of sp³-hybridized carbons (Fsp3) is 0.192. The minimum absolute atomic E-state index is 0.233. The summed E-state index contributed by atoms with van der Waals surface area (Å²) in [6.45, 7) is 1.75. The highest BCUT2D eigenvalue weighted by molar-refractivity contribution is 7.07. The van der Waals surface area contributed by atoms with Crippen molar-refractivity contribution in [2.45, 2.75) is 13.0 Å². The van der Waals surface area contributed by atoms with Crippen LogP contribution in [-0.4, -0.2) is 31.9 Å². The molecule has 0 radical (unpaired) electrons. The van der Waals surface area contributed by atoms with E-state index in [2.05, 4.69) is 4.99 Å². The molecule has 0 spiro atoms. The van der Waals surface area contributed by atoms with E-state index in [-0.39, 0.29) is 5.56 Å². The van der Waals surface area contributed by atoms with Gasteiger partial charge in [0.2, 0.25) is 0 Å². The molecule has 0 saturated carbocycles. The van der Waals surface area contributed by atoms with E-state index in [1.807, 2.05) is 42.5 Å². The topological polar surface area (TPSA) is 79.1 Å². The largest absolute Gasteiger partial charge is 0.497 e. The van der Waals surface area contributed by atoms with Gasteiger partial charge in [-0.1, -0.05) is 53.8 Å². The quantitative estimate of drug-likeness (QED) is 0.511. The molecule has 1 atom stereocenters. The maximum Gasteiger partial charge on any atom is 0.338 e. The van der Waals surface area contributed by atoms with E-state index in [4.69, 9.17) is 14.2 Å². The van der Waals surface area contributed by atoms with E-state index in [1.165, 1.54) is 18.4 Å². The Hall–Kier alpha value is -3.91. The van der Waals surface area contributed by atoms with Crippen molar-refractivity contribution >= 4 is 29.5 Å². The summed E-state index contributed by atoms with van der Waals surface area (Å²) in [5.74, 6) is 0.900. The van der Waals surface area contributed by atoms with Crippen molar-refractivity contribution in [3.8, 4) is 11.5 Å². The lowest BCUT2D eigenvalue weighted by atomic mass is 9.96. The van der Waals surface area contributed by atoms with Gasteiger partial charge in [-0.2, -0.15) is 0 Å². The summed E-state index contributed by atoms with van der Waals surface area (Å²) in [6.07, 6.45) is 5.43. The van der Waals surface area contributed by atoms with Crippen LogP contribution in [0, 0.1) is 0 Å². The maximum absolute atomic E-state index is 13.5. The predicted octanol–water partition coefficient (Wildman–Crippen LogP) is 3.09. The zero-order chi connectivity index (χ0) is 24.2. The Balaban J connectivity index is 1.84. The van der Waals surface area contributed by atoms with Crippen molar-refractivity contribution in [3.63, 3.8) is 0 Å². The first-order valence-corrected chi connectivity index (χ1v) is 11.3. The second kappa shape index (κ2) is 9.93. The molecular weight excluding hydrogens is 452 g/mol. The minimum atomic E-state index is -0.657. The number of fused-ring (bicyclic) bond motifs is 1. The molecular formula is C26H24N2O5S. The summed E-state index contributed by atoms with van der Waals surface area (Å²) in [5.41, 5.74) is 2.27. The van der Waals surface area contributed by atoms with Gasteiger partial charge >= 0.3 is 5.97 Å². The van der Waals surface area contributed by atoms with Crippen molar-refractivity contribution < 1.29 is 19.0 Å². The molecule has 1 unspecified atom stereocenters. The molecule has 0 amide bonds. The third kappa shape index (κ3) is 4.32. The van der Waals surface area contributed by atoms with Crippen molar-refractivity contribution in [3.05, 3.63) is 96.7 Å². The Kier molecular flexibility index (Phi) is 6.79. The molecule has 0 N–H and O–H groups in total. The standard InChI is InChI=1S/C26H24N2O5S/c1-16-22(25(30)33-4)23(18-12-14-19(31-2)15-13-18)28-24(29)21(34-26(28)27-16)11-7-9-17-8-5-6-10-20(17)32-3/h5-15,23H,1-4H3/b9-7+,21-11-. The van der Waals surface area contributed by atoms with Gasteiger partial charge in [-0.05, 0) is 36.8 Å². The molecule has 8 heteroatoms. The van der Waals surface area contributed by atoms with Crippen LogP contribution in [0.1, 0.15) is 24.1 Å². The SMILES string of the molecule is COC(=O)C1=C(C)N=c2s/c(=C\C=C\c3ccccc3OC)c(=O)n2C1c1ccc(OC)cc1. The van der Waals surface area contributed by atoms with E-state index < -0.39 is 12.0 Å². The van der Waals surface area contributed by atoms with Crippen LogP contribution in [0.3, 0.4) is 0 Å². The Labute approximate surface area is 200 Å². The molecule has 1 aliphatic rings. The smallest absolute Gasteiger partial charge is 0.338 e. The van der Waals surface area contributed by atoms with E-state index in [1.54, 1.807) is 50.0 Å². The Morgan fingerprint density at radius 1 is 1.06 bits per heavy atom. The third-order valence-corrected chi connectivity index (χ3v) is 6.52. The lowest BCUT2D eigenvalue weighted by Gasteiger charge is -2.24. The fourth-order valence-corrected chi connectivity index (χ4v) is 4.85.